The molecule has 1 aromatic carbocycles. The van der Waals surface area contributed by atoms with Crippen molar-refractivity contribution < 1.29 is 4.52 Å². The van der Waals surface area contributed by atoms with Crippen molar-refractivity contribution in [3.8, 4) is 11.5 Å². The fraction of sp³-hybridized carbons (Fsp3) is 0.350. The highest BCUT2D eigenvalue weighted by Gasteiger charge is 2.21. The average Bonchev–Trinajstić information content (AvgIpc) is 3.12. The van der Waals surface area contributed by atoms with Crippen molar-refractivity contribution in [2.75, 3.05) is 18.4 Å². The summed E-state index contributed by atoms with van der Waals surface area (Å²) >= 11 is 3.49. The number of piperidine rings is 1. The van der Waals surface area contributed by atoms with Gasteiger partial charge in [-0.2, -0.15) is 4.98 Å². The van der Waals surface area contributed by atoms with Gasteiger partial charge < -0.3 is 9.84 Å². The maximum atomic E-state index is 5.32. The van der Waals surface area contributed by atoms with E-state index in [4.69, 9.17) is 4.52 Å². The van der Waals surface area contributed by atoms with Gasteiger partial charge in [-0.15, -0.1) is 0 Å². The SMILES string of the molecule is Cc1noc(-c2cccnc2NC2CCN(Cc3ccc(Br)cc3)CC2)n1. The topological polar surface area (TPSA) is 67.1 Å². The van der Waals surface area contributed by atoms with Gasteiger partial charge in [-0.05, 0) is 49.6 Å². The van der Waals surface area contributed by atoms with Crippen LogP contribution in [0.5, 0.6) is 0 Å². The standard InChI is InChI=1S/C20H22BrN5O/c1-14-23-20(27-25-14)18-3-2-10-22-19(18)24-17-8-11-26(12-9-17)13-15-4-6-16(21)7-5-15/h2-7,10,17H,8-9,11-13H2,1H3,(H,22,24). The van der Waals surface area contributed by atoms with Crippen LogP contribution in [0.3, 0.4) is 0 Å². The maximum Gasteiger partial charge on any atom is 0.261 e. The van der Waals surface area contributed by atoms with Gasteiger partial charge in [-0.1, -0.05) is 33.2 Å². The molecule has 140 valence electrons. The van der Waals surface area contributed by atoms with Crippen LogP contribution >= 0.6 is 15.9 Å². The third kappa shape index (κ3) is 4.54. The molecule has 0 atom stereocenters. The Hall–Kier alpha value is -2.25. The van der Waals surface area contributed by atoms with Crippen molar-refractivity contribution in [3.05, 3.63) is 58.5 Å². The van der Waals surface area contributed by atoms with Crippen molar-refractivity contribution in [2.24, 2.45) is 0 Å². The molecule has 27 heavy (non-hydrogen) atoms. The molecular formula is C20H22BrN5O. The summed E-state index contributed by atoms with van der Waals surface area (Å²) in [6.45, 7) is 4.94. The second kappa shape index (κ2) is 8.19. The molecule has 2 aromatic heterocycles. The first-order valence-corrected chi connectivity index (χ1v) is 9.96. The van der Waals surface area contributed by atoms with E-state index in [0.29, 0.717) is 17.8 Å². The largest absolute Gasteiger partial charge is 0.367 e. The van der Waals surface area contributed by atoms with Crippen molar-refractivity contribution in [1.29, 1.82) is 0 Å². The number of rotatable bonds is 5. The van der Waals surface area contributed by atoms with E-state index in [-0.39, 0.29) is 0 Å². The van der Waals surface area contributed by atoms with Gasteiger partial charge in [-0.3, -0.25) is 4.90 Å². The molecule has 3 heterocycles. The van der Waals surface area contributed by atoms with E-state index in [0.717, 1.165) is 48.3 Å². The van der Waals surface area contributed by atoms with Crippen LogP contribution in [0.4, 0.5) is 5.82 Å². The van der Waals surface area contributed by atoms with Crippen LogP contribution in [0.2, 0.25) is 0 Å². The average molecular weight is 428 g/mol. The highest BCUT2D eigenvalue weighted by Crippen LogP contribution is 2.26. The van der Waals surface area contributed by atoms with Crippen LogP contribution in [0, 0.1) is 6.92 Å². The first-order valence-electron chi connectivity index (χ1n) is 9.16. The molecule has 1 fully saturated rings. The molecule has 3 aromatic rings. The lowest BCUT2D eigenvalue weighted by Gasteiger charge is -2.32. The molecule has 1 aliphatic heterocycles. The van der Waals surface area contributed by atoms with Crippen LogP contribution < -0.4 is 5.32 Å². The molecule has 6 nitrogen and oxygen atoms in total. The Morgan fingerprint density at radius 3 is 2.67 bits per heavy atom. The van der Waals surface area contributed by atoms with E-state index in [2.05, 4.69) is 65.5 Å². The second-order valence-corrected chi connectivity index (χ2v) is 7.78. The molecule has 0 aliphatic carbocycles. The van der Waals surface area contributed by atoms with Gasteiger partial charge in [0.05, 0.1) is 5.56 Å². The predicted octanol–water partition coefficient (Wildman–Crippen LogP) is 4.28. The van der Waals surface area contributed by atoms with Crippen molar-refractivity contribution in [3.63, 3.8) is 0 Å². The number of hydrogen-bond donors (Lipinski definition) is 1. The van der Waals surface area contributed by atoms with Crippen LogP contribution in [0.15, 0.2) is 51.6 Å². The molecule has 7 heteroatoms. The fourth-order valence-electron chi connectivity index (χ4n) is 3.38. The van der Waals surface area contributed by atoms with Gasteiger partial charge in [0.1, 0.15) is 5.82 Å². The molecule has 0 amide bonds. The minimum atomic E-state index is 0.392. The summed E-state index contributed by atoms with van der Waals surface area (Å²) in [6.07, 6.45) is 3.95. The zero-order valence-corrected chi connectivity index (χ0v) is 16.8. The Kier molecular flexibility index (Phi) is 5.50. The van der Waals surface area contributed by atoms with Crippen molar-refractivity contribution >= 4 is 21.7 Å². The molecule has 0 spiro atoms. The number of nitrogens with one attached hydrogen (secondary N) is 1. The van der Waals surface area contributed by atoms with Gasteiger partial charge in [-0.25, -0.2) is 4.98 Å². The first kappa shape index (κ1) is 18.1. The Labute approximate surface area is 167 Å². The number of halogens is 1. The van der Waals surface area contributed by atoms with E-state index >= 15 is 0 Å². The van der Waals surface area contributed by atoms with E-state index in [9.17, 15) is 0 Å². The predicted molar refractivity (Wildman–Crippen MR) is 108 cm³/mol. The molecule has 1 saturated heterocycles. The number of hydrogen-bond acceptors (Lipinski definition) is 6. The molecule has 1 N–H and O–H groups in total. The summed E-state index contributed by atoms with van der Waals surface area (Å²) in [5.41, 5.74) is 2.21. The van der Waals surface area contributed by atoms with Crippen molar-refractivity contribution in [2.45, 2.75) is 32.4 Å². The smallest absolute Gasteiger partial charge is 0.261 e. The summed E-state index contributed by atoms with van der Waals surface area (Å²) in [5, 5.41) is 7.46. The Morgan fingerprint density at radius 1 is 1.19 bits per heavy atom. The van der Waals surface area contributed by atoms with Crippen LogP contribution in [0.25, 0.3) is 11.5 Å². The number of aromatic nitrogens is 3. The normalized spacial score (nSPS) is 15.8. The molecular weight excluding hydrogens is 406 g/mol. The lowest BCUT2D eigenvalue weighted by molar-refractivity contribution is 0.211. The number of likely N-dealkylation sites (tertiary alicyclic amines) is 1. The number of nitrogens with zero attached hydrogens (tertiary/aromatic N) is 4. The van der Waals surface area contributed by atoms with Crippen LogP contribution in [-0.2, 0) is 6.54 Å². The maximum absolute atomic E-state index is 5.32. The van der Waals surface area contributed by atoms with E-state index in [1.807, 2.05) is 19.1 Å². The minimum absolute atomic E-state index is 0.392. The zero-order chi connectivity index (χ0) is 18.6. The Balaban J connectivity index is 1.36. The van der Waals surface area contributed by atoms with Gasteiger partial charge >= 0.3 is 0 Å². The second-order valence-electron chi connectivity index (χ2n) is 6.87. The number of benzene rings is 1. The highest BCUT2D eigenvalue weighted by molar-refractivity contribution is 9.10. The van der Waals surface area contributed by atoms with Crippen molar-refractivity contribution in [1.82, 2.24) is 20.0 Å². The summed E-state index contributed by atoms with van der Waals surface area (Å²) in [5.74, 6) is 1.95. The summed E-state index contributed by atoms with van der Waals surface area (Å²) in [7, 11) is 0. The lowest BCUT2D eigenvalue weighted by atomic mass is 10.0. The highest BCUT2D eigenvalue weighted by atomic mass is 79.9. The number of pyridine rings is 1. The fourth-order valence-corrected chi connectivity index (χ4v) is 3.64. The Bertz CT molecular complexity index is 887. The number of aryl methyl sites for hydroxylation is 1. The minimum Gasteiger partial charge on any atom is -0.367 e. The van der Waals surface area contributed by atoms with Gasteiger partial charge in [0.25, 0.3) is 5.89 Å². The summed E-state index contributed by atoms with van der Waals surface area (Å²) in [6, 6.07) is 12.8. The molecule has 0 radical (unpaired) electrons. The monoisotopic (exact) mass is 427 g/mol. The van der Waals surface area contributed by atoms with Gasteiger partial charge in [0.15, 0.2) is 5.82 Å². The van der Waals surface area contributed by atoms with E-state index in [1.54, 1.807) is 6.20 Å². The summed E-state index contributed by atoms with van der Waals surface area (Å²) < 4.78 is 6.44. The molecule has 0 saturated carbocycles. The first-order chi connectivity index (χ1) is 13.2. The van der Waals surface area contributed by atoms with Gasteiger partial charge in [0.2, 0.25) is 0 Å². The Morgan fingerprint density at radius 2 is 1.96 bits per heavy atom. The van der Waals surface area contributed by atoms with Crippen LogP contribution in [0.1, 0.15) is 24.2 Å². The molecule has 0 unspecified atom stereocenters. The number of anilines is 1. The summed E-state index contributed by atoms with van der Waals surface area (Å²) in [4.78, 5) is 11.3. The van der Waals surface area contributed by atoms with Gasteiger partial charge in [0, 0.05) is 36.3 Å². The van der Waals surface area contributed by atoms with E-state index in [1.165, 1.54) is 5.56 Å². The van der Waals surface area contributed by atoms with Crippen LogP contribution in [-0.4, -0.2) is 39.2 Å². The third-order valence-electron chi connectivity index (χ3n) is 4.81. The van der Waals surface area contributed by atoms with E-state index < -0.39 is 0 Å². The zero-order valence-electron chi connectivity index (χ0n) is 15.2. The molecule has 1 aliphatic rings. The molecule has 0 bridgehead atoms. The quantitative estimate of drug-likeness (QED) is 0.655. The third-order valence-corrected chi connectivity index (χ3v) is 5.34. The molecule has 4 rings (SSSR count). The lowest BCUT2D eigenvalue weighted by Crippen LogP contribution is -2.38.